The number of rotatable bonds is 4. The first-order chi connectivity index (χ1) is 6.65. The molecule has 0 aliphatic rings. The number of para-hydroxylation sites is 1. The van der Waals surface area contributed by atoms with E-state index < -0.39 is 24.4 Å². The van der Waals surface area contributed by atoms with Crippen molar-refractivity contribution in [2.24, 2.45) is 0 Å². The Labute approximate surface area is 79.4 Å². The summed E-state index contributed by atoms with van der Waals surface area (Å²) in [5.74, 6) is -1.54. The molecule has 1 atom stereocenters. The zero-order chi connectivity index (χ0) is 10.6. The molecule has 0 bridgehead atoms. The van der Waals surface area contributed by atoms with Gasteiger partial charge in [-0.1, -0.05) is 6.07 Å². The minimum absolute atomic E-state index is 0.228. The van der Waals surface area contributed by atoms with E-state index in [-0.39, 0.29) is 12.2 Å². The molecule has 2 nitrogen and oxygen atoms in total. The van der Waals surface area contributed by atoms with E-state index in [0.29, 0.717) is 0 Å². The summed E-state index contributed by atoms with van der Waals surface area (Å²) in [7, 11) is 0. The second-order valence-electron chi connectivity index (χ2n) is 2.79. The fourth-order valence-electron chi connectivity index (χ4n) is 0.941. The van der Waals surface area contributed by atoms with Gasteiger partial charge < -0.3 is 10.4 Å². The molecule has 0 heterocycles. The zero-order valence-corrected chi connectivity index (χ0v) is 7.30. The topological polar surface area (TPSA) is 32.3 Å². The molecule has 0 spiro atoms. The highest BCUT2D eigenvalue weighted by molar-refractivity contribution is 5.46. The number of nitrogens with one attached hydrogen (secondary N) is 1. The smallest absolute Gasteiger partial charge is 0.149 e. The Morgan fingerprint density at radius 3 is 2.36 bits per heavy atom. The second-order valence-corrected chi connectivity index (χ2v) is 2.79. The van der Waals surface area contributed by atoms with Gasteiger partial charge in [0, 0.05) is 6.54 Å². The molecule has 0 amide bonds. The predicted octanol–water partition coefficient (Wildman–Crippen LogP) is 1.71. The highest BCUT2D eigenvalue weighted by Gasteiger charge is 2.09. The summed E-state index contributed by atoms with van der Waals surface area (Å²) in [5.41, 5.74) is -0.347. The first-order valence-corrected chi connectivity index (χ1v) is 4.07. The lowest BCUT2D eigenvalue weighted by Crippen LogP contribution is -2.22. The van der Waals surface area contributed by atoms with Crippen molar-refractivity contribution in [3.63, 3.8) is 0 Å². The lowest BCUT2D eigenvalue weighted by Gasteiger charge is -2.10. The summed E-state index contributed by atoms with van der Waals surface area (Å²) in [4.78, 5) is 0. The lowest BCUT2D eigenvalue weighted by molar-refractivity contribution is 0.151. The first kappa shape index (κ1) is 10.8. The summed E-state index contributed by atoms with van der Waals surface area (Å²) in [6.45, 7) is -1.18. The van der Waals surface area contributed by atoms with Crippen LogP contribution in [-0.4, -0.2) is 24.4 Å². The van der Waals surface area contributed by atoms with Crippen molar-refractivity contribution in [3.8, 4) is 0 Å². The van der Waals surface area contributed by atoms with Crippen LogP contribution >= 0.6 is 0 Å². The van der Waals surface area contributed by atoms with Crippen molar-refractivity contribution in [3.05, 3.63) is 29.8 Å². The van der Waals surface area contributed by atoms with Crippen LogP contribution in [0.5, 0.6) is 0 Å². The molecule has 2 N–H and O–H groups in total. The number of hydrogen-bond donors (Lipinski definition) is 2. The molecule has 0 aliphatic carbocycles. The van der Waals surface area contributed by atoms with Crippen molar-refractivity contribution in [1.82, 2.24) is 0 Å². The minimum Gasteiger partial charge on any atom is -0.389 e. The van der Waals surface area contributed by atoms with Gasteiger partial charge in [0.1, 0.15) is 24.0 Å². The van der Waals surface area contributed by atoms with Crippen molar-refractivity contribution in [2.45, 2.75) is 6.10 Å². The van der Waals surface area contributed by atoms with E-state index in [2.05, 4.69) is 5.32 Å². The van der Waals surface area contributed by atoms with Gasteiger partial charge in [0.25, 0.3) is 0 Å². The Morgan fingerprint density at radius 2 is 1.86 bits per heavy atom. The molecular formula is C9H10F3NO. The standard InChI is InChI=1S/C9H10F3NO/c10-4-6(14)5-13-9-7(11)2-1-3-8(9)12/h1-3,6,13-14H,4-5H2. The van der Waals surface area contributed by atoms with E-state index in [0.717, 1.165) is 12.1 Å². The molecule has 0 aromatic heterocycles. The molecule has 78 valence electrons. The number of aliphatic hydroxyl groups is 1. The van der Waals surface area contributed by atoms with Gasteiger partial charge in [-0.2, -0.15) is 0 Å². The third-order valence-electron chi connectivity index (χ3n) is 1.66. The fraction of sp³-hybridized carbons (Fsp3) is 0.333. The van der Waals surface area contributed by atoms with E-state index in [1.54, 1.807) is 0 Å². The van der Waals surface area contributed by atoms with Crippen LogP contribution in [0.15, 0.2) is 18.2 Å². The summed E-state index contributed by atoms with van der Waals surface area (Å²) < 4.78 is 37.7. The maximum Gasteiger partial charge on any atom is 0.149 e. The molecule has 0 fully saturated rings. The first-order valence-electron chi connectivity index (χ1n) is 4.07. The Morgan fingerprint density at radius 1 is 1.29 bits per heavy atom. The molecule has 0 saturated carbocycles. The molecule has 1 aromatic rings. The second kappa shape index (κ2) is 4.85. The van der Waals surface area contributed by atoms with E-state index in [1.165, 1.54) is 6.07 Å². The molecule has 0 saturated heterocycles. The molecule has 5 heteroatoms. The average molecular weight is 205 g/mol. The normalized spacial score (nSPS) is 12.6. The maximum absolute atomic E-state index is 12.9. The highest BCUT2D eigenvalue weighted by atomic mass is 19.1. The molecule has 1 aromatic carbocycles. The SMILES string of the molecule is OC(CF)CNc1c(F)cccc1F. The Kier molecular flexibility index (Phi) is 3.76. The van der Waals surface area contributed by atoms with Gasteiger partial charge in [-0.25, -0.2) is 13.2 Å². The minimum atomic E-state index is -1.26. The highest BCUT2D eigenvalue weighted by Crippen LogP contribution is 2.17. The number of hydrogen-bond acceptors (Lipinski definition) is 2. The van der Waals surface area contributed by atoms with E-state index >= 15 is 0 Å². The van der Waals surface area contributed by atoms with Crippen LogP contribution in [0.2, 0.25) is 0 Å². The van der Waals surface area contributed by atoms with Gasteiger partial charge >= 0.3 is 0 Å². The number of benzene rings is 1. The molecule has 0 radical (unpaired) electrons. The Hall–Kier alpha value is -1.23. The zero-order valence-electron chi connectivity index (χ0n) is 7.30. The summed E-state index contributed by atoms with van der Waals surface area (Å²) in [6.07, 6.45) is -1.26. The number of aliphatic hydroxyl groups excluding tert-OH is 1. The van der Waals surface area contributed by atoms with Crippen LogP contribution < -0.4 is 5.32 Å². The van der Waals surface area contributed by atoms with Crippen LogP contribution in [0.1, 0.15) is 0 Å². The summed E-state index contributed by atoms with van der Waals surface area (Å²) in [5, 5.41) is 11.1. The maximum atomic E-state index is 12.9. The van der Waals surface area contributed by atoms with Crippen LogP contribution in [0.4, 0.5) is 18.9 Å². The third kappa shape index (κ3) is 2.63. The van der Waals surface area contributed by atoms with Gasteiger partial charge in [0.2, 0.25) is 0 Å². The quantitative estimate of drug-likeness (QED) is 0.784. The molecule has 1 rings (SSSR count). The number of halogens is 3. The van der Waals surface area contributed by atoms with Crippen LogP contribution in [0.25, 0.3) is 0 Å². The summed E-state index contributed by atoms with van der Waals surface area (Å²) in [6, 6.07) is 3.38. The molecule has 1 unspecified atom stereocenters. The van der Waals surface area contributed by atoms with Gasteiger partial charge in [0.15, 0.2) is 0 Å². The van der Waals surface area contributed by atoms with Crippen molar-refractivity contribution >= 4 is 5.69 Å². The van der Waals surface area contributed by atoms with Crippen LogP contribution in [0, 0.1) is 11.6 Å². The number of alkyl halides is 1. The Balaban J connectivity index is 2.66. The van der Waals surface area contributed by atoms with Gasteiger partial charge in [-0.05, 0) is 12.1 Å². The number of anilines is 1. The molecule has 14 heavy (non-hydrogen) atoms. The van der Waals surface area contributed by atoms with Gasteiger partial charge in [-0.3, -0.25) is 0 Å². The van der Waals surface area contributed by atoms with E-state index in [4.69, 9.17) is 5.11 Å². The molecule has 0 aliphatic heterocycles. The van der Waals surface area contributed by atoms with Gasteiger partial charge in [-0.15, -0.1) is 0 Å². The summed E-state index contributed by atoms with van der Waals surface area (Å²) >= 11 is 0. The van der Waals surface area contributed by atoms with Crippen LogP contribution in [-0.2, 0) is 0 Å². The Bertz CT molecular complexity index is 286. The van der Waals surface area contributed by atoms with Crippen molar-refractivity contribution < 1.29 is 18.3 Å². The van der Waals surface area contributed by atoms with Crippen LogP contribution in [0.3, 0.4) is 0 Å². The predicted molar refractivity (Wildman–Crippen MR) is 46.8 cm³/mol. The van der Waals surface area contributed by atoms with Gasteiger partial charge in [0.05, 0.1) is 6.10 Å². The van der Waals surface area contributed by atoms with Crippen molar-refractivity contribution in [2.75, 3.05) is 18.5 Å². The monoisotopic (exact) mass is 205 g/mol. The van der Waals surface area contributed by atoms with E-state index in [1.807, 2.05) is 0 Å². The largest absolute Gasteiger partial charge is 0.389 e. The third-order valence-corrected chi connectivity index (χ3v) is 1.66. The van der Waals surface area contributed by atoms with Crippen molar-refractivity contribution in [1.29, 1.82) is 0 Å². The fourth-order valence-corrected chi connectivity index (χ4v) is 0.941. The van der Waals surface area contributed by atoms with E-state index in [9.17, 15) is 13.2 Å². The lowest BCUT2D eigenvalue weighted by atomic mass is 10.2. The average Bonchev–Trinajstić information content (AvgIpc) is 2.16. The molecular weight excluding hydrogens is 195 g/mol.